The second-order valence-corrected chi connectivity index (χ2v) is 6.98. The van der Waals surface area contributed by atoms with Crippen LogP contribution in [-0.2, 0) is 20.9 Å². The molecule has 1 aromatic carbocycles. The number of hydrogen-bond acceptors (Lipinski definition) is 7. The third kappa shape index (κ3) is 5.43. The van der Waals surface area contributed by atoms with E-state index in [9.17, 15) is 9.59 Å². The number of hydrogen-bond donors (Lipinski definition) is 0. The Kier molecular flexibility index (Phi) is 6.99. The zero-order chi connectivity index (χ0) is 20.6. The molecule has 0 aliphatic carbocycles. The highest BCUT2D eigenvalue weighted by Gasteiger charge is 2.28. The summed E-state index contributed by atoms with van der Waals surface area (Å²) in [4.78, 5) is 36.8. The van der Waals surface area contributed by atoms with Crippen molar-refractivity contribution in [2.45, 2.75) is 19.4 Å². The highest BCUT2D eigenvalue weighted by molar-refractivity contribution is 5.81. The van der Waals surface area contributed by atoms with Crippen molar-refractivity contribution in [1.82, 2.24) is 14.9 Å². The van der Waals surface area contributed by atoms with Crippen molar-refractivity contribution in [3.8, 4) is 5.75 Å². The van der Waals surface area contributed by atoms with E-state index in [0.717, 1.165) is 11.3 Å². The average Bonchev–Trinajstić information content (AvgIpc) is 2.78. The minimum atomic E-state index is -0.322. The van der Waals surface area contributed by atoms with E-state index < -0.39 is 0 Å². The standard InChI is InChI=1S/C21H26N4O4/c1-24(14-17-6-3-4-7-18(17)28-2)19(26)15-29-20(27)16-8-12-25(13-9-16)21-22-10-5-11-23-21/h3-7,10-11,16H,8-9,12-15H2,1-2H3. The predicted molar refractivity (Wildman–Crippen MR) is 107 cm³/mol. The van der Waals surface area contributed by atoms with Crippen molar-refractivity contribution in [3.63, 3.8) is 0 Å². The number of nitrogens with zero attached hydrogens (tertiary/aromatic N) is 4. The van der Waals surface area contributed by atoms with Crippen LogP contribution in [0.25, 0.3) is 0 Å². The van der Waals surface area contributed by atoms with E-state index in [-0.39, 0.29) is 24.4 Å². The minimum Gasteiger partial charge on any atom is -0.496 e. The number of amides is 1. The van der Waals surface area contributed by atoms with Crippen LogP contribution in [0.2, 0.25) is 0 Å². The number of rotatable bonds is 7. The van der Waals surface area contributed by atoms with Crippen LogP contribution in [0.15, 0.2) is 42.7 Å². The highest BCUT2D eigenvalue weighted by atomic mass is 16.5. The van der Waals surface area contributed by atoms with Gasteiger partial charge in [0, 0.05) is 44.6 Å². The number of piperidine rings is 1. The van der Waals surface area contributed by atoms with Gasteiger partial charge >= 0.3 is 5.97 Å². The van der Waals surface area contributed by atoms with Crippen LogP contribution in [0, 0.1) is 5.92 Å². The van der Waals surface area contributed by atoms with Gasteiger partial charge in [-0.2, -0.15) is 0 Å². The van der Waals surface area contributed by atoms with Crippen LogP contribution < -0.4 is 9.64 Å². The molecule has 29 heavy (non-hydrogen) atoms. The van der Waals surface area contributed by atoms with E-state index in [1.54, 1.807) is 32.6 Å². The maximum atomic E-state index is 12.4. The number of likely N-dealkylation sites (N-methyl/N-ethyl adjacent to an activating group) is 1. The molecule has 1 aliphatic rings. The Morgan fingerprint density at radius 3 is 2.52 bits per heavy atom. The molecule has 154 valence electrons. The number of carbonyl (C=O) groups is 2. The second-order valence-electron chi connectivity index (χ2n) is 6.98. The van der Waals surface area contributed by atoms with Crippen molar-refractivity contribution in [1.29, 1.82) is 0 Å². The van der Waals surface area contributed by atoms with Gasteiger partial charge in [-0.25, -0.2) is 9.97 Å². The Morgan fingerprint density at radius 2 is 1.83 bits per heavy atom. The molecule has 0 N–H and O–H groups in total. The Morgan fingerprint density at radius 1 is 1.14 bits per heavy atom. The lowest BCUT2D eigenvalue weighted by Gasteiger charge is -2.30. The van der Waals surface area contributed by atoms with Crippen molar-refractivity contribution in [3.05, 3.63) is 48.3 Å². The summed E-state index contributed by atoms with van der Waals surface area (Å²) in [5.41, 5.74) is 0.896. The molecule has 0 atom stereocenters. The van der Waals surface area contributed by atoms with Gasteiger partial charge in [0.05, 0.1) is 13.0 Å². The number of anilines is 1. The molecular weight excluding hydrogens is 372 g/mol. The van der Waals surface area contributed by atoms with Gasteiger partial charge in [-0.3, -0.25) is 9.59 Å². The Hall–Kier alpha value is -3.16. The van der Waals surface area contributed by atoms with Gasteiger partial charge in [0.1, 0.15) is 5.75 Å². The topological polar surface area (TPSA) is 84.9 Å². The Bertz CT molecular complexity index is 822. The van der Waals surface area contributed by atoms with Gasteiger partial charge < -0.3 is 19.3 Å². The average molecular weight is 398 g/mol. The van der Waals surface area contributed by atoms with Gasteiger partial charge in [-0.15, -0.1) is 0 Å². The number of esters is 1. The molecule has 1 fully saturated rings. The summed E-state index contributed by atoms with van der Waals surface area (Å²) in [5.74, 6) is 0.616. The summed E-state index contributed by atoms with van der Waals surface area (Å²) in [7, 11) is 3.28. The summed E-state index contributed by atoms with van der Waals surface area (Å²) in [6.45, 7) is 1.50. The van der Waals surface area contributed by atoms with Gasteiger partial charge in [-0.05, 0) is 25.0 Å². The summed E-state index contributed by atoms with van der Waals surface area (Å²) in [6.07, 6.45) is 4.72. The molecule has 0 spiro atoms. The van der Waals surface area contributed by atoms with Crippen LogP contribution in [0.5, 0.6) is 5.75 Å². The normalized spacial score (nSPS) is 14.3. The van der Waals surface area contributed by atoms with Gasteiger partial charge in [0.25, 0.3) is 5.91 Å². The first-order chi connectivity index (χ1) is 14.1. The first-order valence-electron chi connectivity index (χ1n) is 9.63. The lowest BCUT2D eigenvalue weighted by Crippen LogP contribution is -2.39. The van der Waals surface area contributed by atoms with Crippen molar-refractivity contribution in [2.75, 3.05) is 38.8 Å². The molecule has 1 aromatic heterocycles. The van der Waals surface area contributed by atoms with Crippen LogP contribution in [0.3, 0.4) is 0 Å². The third-order valence-electron chi connectivity index (χ3n) is 5.03. The molecule has 0 saturated carbocycles. The summed E-state index contributed by atoms with van der Waals surface area (Å²) < 4.78 is 10.6. The lowest BCUT2D eigenvalue weighted by molar-refractivity contribution is -0.155. The number of methoxy groups -OCH3 is 1. The predicted octanol–water partition coefficient (Wildman–Crippen LogP) is 1.90. The van der Waals surface area contributed by atoms with Crippen LogP contribution in [0.4, 0.5) is 5.95 Å². The fraction of sp³-hybridized carbons (Fsp3) is 0.429. The van der Waals surface area contributed by atoms with E-state index in [4.69, 9.17) is 9.47 Å². The van der Waals surface area contributed by atoms with Crippen LogP contribution in [-0.4, -0.2) is 60.6 Å². The molecule has 1 saturated heterocycles. The molecule has 0 unspecified atom stereocenters. The Balaban J connectivity index is 1.43. The van der Waals surface area contributed by atoms with E-state index in [1.165, 1.54) is 4.90 Å². The summed E-state index contributed by atoms with van der Waals surface area (Å²) in [5, 5.41) is 0. The first-order valence-corrected chi connectivity index (χ1v) is 9.63. The number of ether oxygens (including phenoxy) is 2. The van der Waals surface area contributed by atoms with E-state index in [0.29, 0.717) is 38.4 Å². The quantitative estimate of drug-likeness (QED) is 0.659. The molecule has 3 rings (SSSR count). The lowest BCUT2D eigenvalue weighted by atomic mass is 9.97. The number of benzene rings is 1. The Labute approximate surface area is 170 Å². The zero-order valence-electron chi connectivity index (χ0n) is 16.8. The maximum absolute atomic E-state index is 12.4. The van der Waals surface area contributed by atoms with Crippen LogP contribution >= 0.6 is 0 Å². The smallest absolute Gasteiger partial charge is 0.309 e. The molecule has 2 heterocycles. The molecule has 0 bridgehead atoms. The fourth-order valence-corrected chi connectivity index (χ4v) is 3.31. The van der Waals surface area contributed by atoms with Gasteiger partial charge in [-0.1, -0.05) is 18.2 Å². The van der Waals surface area contributed by atoms with Crippen molar-refractivity contribution < 1.29 is 19.1 Å². The molecule has 8 heteroatoms. The maximum Gasteiger partial charge on any atom is 0.309 e. The number of aromatic nitrogens is 2. The fourth-order valence-electron chi connectivity index (χ4n) is 3.31. The number of carbonyl (C=O) groups excluding carboxylic acids is 2. The largest absolute Gasteiger partial charge is 0.496 e. The van der Waals surface area contributed by atoms with Crippen molar-refractivity contribution >= 4 is 17.8 Å². The third-order valence-corrected chi connectivity index (χ3v) is 5.03. The summed E-state index contributed by atoms with van der Waals surface area (Å²) >= 11 is 0. The van der Waals surface area contributed by atoms with E-state index in [2.05, 4.69) is 14.9 Å². The van der Waals surface area contributed by atoms with Crippen molar-refractivity contribution in [2.24, 2.45) is 5.92 Å². The number of para-hydroxylation sites is 1. The zero-order valence-corrected chi connectivity index (χ0v) is 16.8. The van der Waals surface area contributed by atoms with E-state index >= 15 is 0 Å². The van der Waals surface area contributed by atoms with Gasteiger partial charge in [0.2, 0.25) is 5.95 Å². The summed E-state index contributed by atoms with van der Waals surface area (Å²) in [6, 6.07) is 9.29. The monoisotopic (exact) mass is 398 g/mol. The SMILES string of the molecule is COc1ccccc1CN(C)C(=O)COC(=O)C1CCN(c2ncccn2)CC1. The van der Waals surface area contributed by atoms with Crippen LogP contribution in [0.1, 0.15) is 18.4 Å². The van der Waals surface area contributed by atoms with Gasteiger partial charge in [0.15, 0.2) is 6.61 Å². The molecule has 0 radical (unpaired) electrons. The molecule has 2 aromatic rings. The molecule has 1 amide bonds. The minimum absolute atomic E-state index is 0.206. The first kappa shape index (κ1) is 20.6. The molecular formula is C21H26N4O4. The molecule has 8 nitrogen and oxygen atoms in total. The highest BCUT2D eigenvalue weighted by Crippen LogP contribution is 2.22. The second kappa shape index (κ2) is 9.86. The van der Waals surface area contributed by atoms with E-state index in [1.807, 2.05) is 24.3 Å². The molecule has 1 aliphatic heterocycles.